The van der Waals surface area contributed by atoms with E-state index < -0.39 is 0 Å². The van der Waals surface area contributed by atoms with E-state index in [0.29, 0.717) is 24.4 Å². The number of hydrogen-bond acceptors (Lipinski definition) is 3. The van der Waals surface area contributed by atoms with Crippen molar-refractivity contribution in [2.45, 2.75) is 38.6 Å². The van der Waals surface area contributed by atoms with E-state index in [0.717, 1.165) is 5.56 Å². The van der Waals surface area contributed by atoms with Crippen molar-refractivity contribution in [3.05, 3.63) is 11.8 Å². The van der Waals surface area contributed by atoms with Crippen LogP contribution in [-0.4, -0.2) is 28.1 Å². The van der Waals surface area contributed by atoms with Crippen LogP contribution >= 0.6 is 0 Å². The molecule has 0 amide bonds. The van der Waals surface area contributed by atoms with Crippen molar-refractivity contribution in [2.24, 2.45) is 0 Å². The molecule has 15 heavy (non-hydrogen) atoms. The summed E-state index contributed by atoms with van der Waals surface area (Å²) in [5, 5.41) is 13.1. The van der Waals surface area contributed by atoms with Gasteiger partial charge in [-0.2, -0.15) is 0 Å². The van der Waals surface area contributed by atoms with Crippen LogP contribution in [0.4, 0.5) is 0 Å². The molecule has 1 aliphatic rings. The maximum Gasteiger partial charge on any atom is 0.236 e. The van der Waals surface area contributed by atoms with Gasteiger partial charge in [0.15, 0.2) is 0 Å². The van der Waals surface area contributed by atoms with Gasteiger partial charge in [-0.1, -0.05) is 13.8 Å². The van der Waals surface area contributed by atoms with E-state index in [4.69, 9.17) is 9.84 Å². The highest BCUT2D eigenvalue weighted by Gasteiger charge is 2.26. The maximum atomic E-state index is 8.73. The number of aliphatic hydroxyl groups is 1. The predicted molar refractivity (Wildman–Crippen MR) is 57.2 cm³/mol. The highest BCUT2D eigenvalue weighted by molar-refractivity contribution is 5.27. The number of ether oxygens (including phenoxy) is 1. The summed E-state index contributed by atoms with van der Waals surface area (Å²) in [6.45, 7) is 4.61. The summed E-state index contributed by atoms with van der Waals surface area (Å²) in [7, 11) is 0. The van der Waals surface area contributed by atoms with Gasteiger partial charge in [-0.3, -0.25) is 4.68 Å². The third kappa shape index (κ3) is 2.31. The lowest BCUT2D eigenvalue weighted by Gasteiger charge is -2.05. The van der Waals surface area contributed by atoms with Gasteiger partial charge in [0.05, 0.1) is 12.6 Å². The largest absolute Gasteiger partial charge is 0.474 e. The Labute approximate surface area is 89.9 Å². The molecule has 0 atom stereocenters. The Morgan fingerprint density at radius 1 is 1.60 bits per heavy atom. The molecule has 1 aliphatic carbocycles. The Bertz CT molecular complexity index is 329. The molecule has 1 N–H and O–H groups in total. The van der Waals surface area contributed by atoms with Crippen LogP contribution in [0.3, 0.4) is 0 Å². The third-order valence-electron chi connectivity index (χ3n) is 2.60. The average Bonchev–Trinajstić information content (AvgIpc) is 2.96. The van der Waals surface area contributed by atoms with Gasteiger partial charge in [-0.15, -0.1) is 5.10 Å². The average molecular weight is 210 g/mol. The Morgan fingerprint density at radius 3 is 2.87 bits per heavy atom. The predicted octanol–water partition coefficient (Wildman–Crippen LogP) is 1.71. The number of aromatic nitrogens is 2. The molecule has 4 heteroatoms. The lowest BCUT2D eigenvalue weighted by molar-refractivity contribution is 0.194. The lowest BCUT2D eigenvalue weighted by atomic mass is 10.1. The standard InChI is InChI=1S/C11H18N2O2/c1-8(2)10-7-13(9-3-4-9)12-11(10)15-6-5-14/h7-9,14H,3-6H2,1-2H3. The van der Waals surface area contributed by atoms with E-state index in [1.165, 1.54) is 12.8 Å². The van der Waals surface area contributed by atoms with Gasteiger partial charge >= 0.3 is 0 Å². The first kappa shape index (κ1) is 10.5. The first-order chi connectivity index (χ1) is 7.22. The highest BCUT2D eigenvalue weighted by atomic mass is 16.5. The van der Waals surface area contributed by atoms with E-state index in [1.54, 1.807) is 0 Å². The smallest absolute Gasteiger partial charge is 0.236 e. The molecule has 0 aliphatic heterocycles. The summed E-state index contributed by atoms with van der Waals surface area (Å²) in [5.74, 6) is 1.09. The van der Waals surface area contributed by atoms with Crippen molar-refractivity contribution in [2.75, 3.05) is 13.2 Å². The van der Waals surface area contributed by atoms with E-state index >= 15 is 0 Å². The van der Waals surface area contributed by atoms with Gasteiger partial charge in [-0.05, 0) is 18.8 Å². The van der Waals surface area contributed by atoms with Gasteiger partial charge in [0.2, 0.25) is 5.88 Å². The number of nitrogens with zero attached hydrogens (tertiary/aromatic N) is 2. The molecule has 0 radical (unpaired) electrons. The molecular formula is C11H18N2O2. The first-order valence-electron chi connectivity index (χ1n) is 5.55. The molecule has 84 valence electrons. The van der Waals surface area contributed by atoms with E-state index in [-0.39, 0.29) is 6.61 Å². The zero-order valence-electron chi connectivity index (χ0n) is 9.31. The van der Waals surface area contributed by atoms with Crippen molar-refractivity contribution >= 4 is 0 Å². The molecule has 1 saturated carbocycles. The quantitative estimate of drug-likeness (QED) is 0.804. The molecule has 1 fully saturated rings. The molecule has 0 unspecified atom stereocenters. The summed E-state index contributed by atoms with van der Waals surface area (Å²) in [6.07, 6.45) is 4.52. The van der Waals surface area contributed by atoms with Gasteiger partial charge in [0.25, 0.3) is 0 Å². The Balaban J connectivity index is 2.16. The molecule has 0 aromatic carbocycles. The van der Waals surface area contributed by atoms with Gasteiger partial charge < -0.3 is 9.84 Å². The molecule has 2 rings (SSSR count). The fourth-order valence-corrected chi connectivity index (χ4v) is 1.57. The van der Waals surface area contributed by atoms with E-state index in [2.05, 4.69) is 25.1 Å². The fourth-order valence-electron chi connectivity index (χ4n) is 1.57. The van der Waals surface area contributed by atoms with E-state index in [1.807, 2.05) is 4.68 Å². The lowest BCUT2D eigenvalue weighted by Crippen LogP contribution is -2.04. The van der Waals surface area contributed by atoms with Crippen molar-refractivity contribution in [1.29, 1.82) is 0 Å². The van der Waals surface area contributed by atoms with Crippen molar-refractivity contribution in [1.82, 2.24) is 9.78 Å². The Morgan fingerprint density at radius 2 is 2.33 bits per heavy atom. The SMILES string of the molecule is CC(C)c1cn(C2CC2)nc1OCCO. The molecule has 0 saturated heterocycles. The number of rotatable bonds is 5. The monoisotopic (exact) mass is 210 g/mol. The van der Waals surface area contributed by atoms with E-state index in [9.17, 15) is 0 Å². The molecule has 1 aromatic heterocycles. The summed E-state index contributed by atoms with van der Waals surface area (Å²) in [4.78, 5) is 0. The minimum atomic E-state index is 0.0355. The molecule has 0 spiro atoms. The minimum absolute atomic E-state index is 0.0355. The van der Waals surface area contributed by atoms with Crippen molar-refractivity contribution < 1.29 is 9.84 Å². The summed E-state index contributed by atoms with van der Waals surface area (Å²) >= 11 is 0. The summed E-state index contributed by atoms with van der Waals surface area (Å²) in [5.41, 5.74) is 1.13. The topological polar surface area (TPSA) is 47.3 Å². The van der Waals surface area contributed by atoms with Crippen LogP contribution in [0.5, 0.6) is 5.88 Å². The second kappa shape index (κ2) is 4.23. The van der Waals surface area contributed by atoms with Gasteiger partial charge in [0.1, 0.15) is 6.61 Å². The second-order valence-corrected chi connectivity index (χ2v) is 4.33. The molecule has 4 nitrogen and oxygen atoms in total. The normalized spacial score (nSPS) is 16.0. The zero-order valence-corrected chi connectivity index (χ0v) is 9.31. The zero-order chi connectivity index (χ0) is 10.8. The molecule has 0 bridgehead atoms. The Hall–Kier alpha value is -1.03. The molecule has 1 aromatic rings. The maximum absolute atomic E-state index is 8.73. The number of hydrogen-bond donors (Lipinski definition) is 1. The minimum Gasteiger partial charge on any atom is -0.474 e. The first-order valence-corrected chi connectivity index (χ1v) is 5.55. The van der Waals surface area contributed by atoms with Crippen LogP contribution < -0.4 is 4.74 Å². The summed E-state index contributed by atoms with van der Waals surface area (Å²) < 4.78 is 7.43. The fraction of sp³-hybridized carbons (Fsp3) is 0.727. The van der Waals surface area contributed by atoms with Crippen LogP contribution in [-0.2, 0) is 0 Å². The van der Waals surface area contributed by atoms with Gasteiger partial charge in [0, 0.05) is 11.8 Å². The van der Waals surface area contributed by atoms with Gasteiger partial charge in [-0.25, -0.2) is 0 Å². The van der Waals surface area contributed by atoms with Crippen molar-refractivity contribution in [3.8, 4) is 5.88 Å². The molecule has 1 heterocycles. The summed E-state index contributed by atoms with van der Waals surface area (Å²) in [6, 6.07) is 0.578. The molecular weight excluding hydrogens is 192 g/mol. The van der Waals surface area contributed by atoms with Crippen LogP contribution in [0.15, 0.2) is 6.20 Å². The van der Waals surface area contributed by atoms with Crippen LogP contribution in [0.1, 0.15) is 44.2 Å². The Kier molecular flexibility index (Phi) is 2.95. The third-order valence-corrected chi connectivity index (χ3v) is 2.60. The van der Waals surface area contributed by atoms with Crippen molar-refractivity contribution in [3.63, 3.8) is 0 Å². The number of aliphatic hydroxyl groups excluding tert-OH is 1. The van der Waals surface area contributed by atoms with Crippen LogP contribution in [0.2, 0.25) is 0 Å². The highest BCUT2D eigenvalue weighted by Crippen LogP contribution is 2.37. The van der Waals surface area contributed by atoms with Crippen LogP contribution in [0.25, 0.3) is 0 Å². The van der Waals surface area contributed by atoms with Crippen LogP contribution in [0, 0.1) is 0 Å². The second-order valence-electron chi connectivity index (χ2n) is 4.33.